The minimum atomic E-state index is -0.373. The number of carbonyl (C=O) groups is 2. The zero-order valence-electron chi connectivity index (χ0n) is 15.9. The van der Waals surface area contributed by atoms with Gasteiger partial charge >= 0.3 is 0 Å². The molecule has 0 fully saturated rings. The van der Waals surface area contributed by atoms with Crippen molar-refractivity contribution in [2.45, 2.75) is 17.1 Å². The summed E-state index contributed by atoms with van der Waals surface area (Å²) < 4.78 is 0. The fourth-order valence-corrected chi connectivity index (χ4v) is 4.37. The van der Waals surface area contributed by atoms with Crippen molar-refractivity contribution in [2.24, 2.45) is 0 Å². The molecule has 0 saturated carbocycles. The molecule has 144 valence electrons. The molecule has 4 nitrogen and oxygen atoms in total. The number of fused-ring (bicyclic) bond motifs is 1. The molecule has 1 heterocycles. The molecular weight excluding hydrogens is 380 g/mol. The average Bonchev–Trinajstić information content (AvgIpc) is 3.17. The average molecular weight is 401 g/mol. The summed E-state index contributed by atoms with van der Waals surface area (Å²) in [4.78, 5) is 28.9. The first kappa shape index (κ1) is 19.0. The molecule has 29 heavy (non-hydrogen) atoms. The highest BCUT2D eigenvalue weighted by Gasteiger charge is 2.25. The van der Waals surface area contributed by atoms with Crippen LogP contribution in [0.25, 0.3) is 10.9 Å². The Bertz CT molecular complexity index is 1150. The van der Waals surface area contributed by atoms with Crippen molar-refractivity contribution in [1.82, 2.24) is 4.98 Å². The molecular formula is C24H20N2O2S. The molecule has 4 aromatic rings. The van der Waals surface area contributed by atoms with E-state index in [1.165, 1.54) is 18.7 Å². The molecule has 0 aliphatic carbocycles. The second-order valence-corrected chi connectivity index (χ2v) is 7.90. The van der Waals surface area contributed by atoms with Crippen LogP contribution in [0.5, 0.6) is 0 Å². The van der Waals surface area contributed by atoms with E-state index in [0.717, 1.165) is 27.0 Å². The zero-order valence-corrected chi connectivity index (χ0v) is 16.7. The van der Waals surface area contributed by atoms with E-state index < -0.39 is 0 Å². The third-order valence-corrected chi connectivity index (χ3v) is 5.89. The molecule has 1 unspecified atom stereocenters. The molecule has 4 rings (SSSR count). The summed E-state index contributed by atoms with van der Waals surface area (Å²) in [5, 5.41) is 3.32. The van der Waals surface area contributed by atoms with Crippen molar-refractivity contribution in [2.75, 3.05) is 5.32 Å². The van der Waals surface area contributed by atoms with Crippen LogP contribution < -0.4 is 5.32 Å². The van der Waals surface area contributed by atoms with Crippen LogP contribution in [0.3, 0.4) is 0 Å². The molecule has 1 atom stereocenters. The van der Waals surface area contributed by atoms with Crippen LogP contribution in [0.15, 0.2) is 90.0 Å². The van der Waals surface area contributed by atoms with Crippen molar-refractivity contribution in [3.63, 3.8) is 0 Å². The number of benzene rings is 3. The number of para-hydroxylation sites is 1. The van der Waals surface area contributed by atoms with Crippen LogP contribution in [-0.4, -0.2) is 16.7 Å². The van der Waals surface area contributed by atoms with Crippen molar-refractivity contribution >= 4 is 40.0 Å². The van der Waals surface area contributed by atoms with E-state index in [9.17, 15) is 9.59 Å². The maximum atomic E-state index is 13.5. The molecule has 0 spiro atoms. The lowest BCUT2D eigenvalue weighted by Gasteiger charge is -2.16. The first-order chi connectivity index (χ1) is 14.1. The quantitative estimate of drug-likeness (QED) is 0.316. The highest BCUT2D eigenvalue weighted by molar-refractivity contribution is 8.00. The Morgan fingerprint density at radius 1 is 0.897 bits per heavy atom. The van der Waals surface area contributed by atoms with E-state index in [1.54, 1.807) is 6.20 Å². The Morgan fingerprint density at radius 2 is 1.59 bits per heavy atom. The summed E-state index contributed by atoms with van der Waals surface area (Å²) in [5.41, 5.74) is 3.34. The van der Waals surface area contributed by atoms with Crippen molar-refractivity contribution in [3.05, 3.63) is 96.2 Å². The van der Waals surface area contributed by atoms with Crippen molar-refractivity contribution < 1.29 is 9.59 Å². The van der Waals surface area contributed by atoms with Crippen LogP contribution in [0.1, 0.15) is 28.1 Å². The fourth-order valence-electron chi connectivity index (χ4n) is 3.27. The topological polar surface area (TPSA) is 62.0 Å². The lowest BCUT2D eigenvalue weighted by Crippen LogP contribution is -2.09. The van der Waals surface area contributed by atoms with E-state index in [-0.39, 0.29) is 16.9 Å². The van der Waals surface area contributed by atoms with Crippen LogP contribution in [0.4, 0.5) is 5.69 Å². The number of Topliss-reactive ketones (excluding diaryl/α,β-unsaturated/α-hetero) is 1. The van der Waals surface area contributed by atoms with Crippen LogP contribution in [0, 0.1) is 0 Å². The summed E-state index contributed by atoms with van der Waals surface area (Å²) >= 11 is 1.51. The predicted molar refractivity (Wildman–Crippen MR) is 118 cm³/mol. The molecule has 2 N–H and O–H groups in total. The third kappa shape index (κ3) is 4.25. The van der Waals surface area contributed by atoms with E-state index in [0.29, 0.717) is 5.56 Å². The number of anilines is 1. The molecule has 3 aromatic carbocycles. The SMILES string of the molecule is CC(=O)Nc1ccc(SC(C(=O)c2c[nH]c3ccccc23)c2ccccc2)cc1. The van der Waals surface area contributed by atoms with E-state index in [4.69, 9.17) is 0 Å². The summed E-state index contributed by atoms with van der Waals surface area (Å²) in [6.45, 7) is 1.48. The number of rotatable bonds is 6. The number of ketones is 1. The number of thioether (sulfide) groups is 1. The molecule has 5 heteroatoms. The number of nitrogens with one attached hydrogen (secondary N) is 2. The monoisotopic (exact) mass is 400 g/mol. The Balaban J connectivity index is 1.67. The molecule has 0 aliphatic heterocycles. The van der Waals surface area contributed by atoms with Gasteiger partial charge in [0.15, 0.2) is 5.78 Å². The molecule has 1 amide bonds. The predicted octanol–water partition coefficient (Wildman–Crippen LogP) is 5.84. The molecule has 0 aliphatic rings. The molecule has 0 bridgehead atoms. The third-order valence-electron chi connectivity index (χ3n) is 4.62. The summed E-state index contributed by atoms with van der Waals surface area (Å²) in [6, 6.07) is 25.2. The first-order valence-electron chi connectivity index (χ1n) is 9.31. The van der Waals surface area contributed by atoms with Gasteiger partial charge in [-0.05, 0) is 35.9 Å². The number of hydrogen-bond donors (Lipinski definition) is 2. The second kappa shape index (κ2) is 8.37. The Kier molecular flexibility index (Phi) is 5.49. The van der Waals surface area contributed by atoms with Gasteiger partial charge in [0.05, 0.1) is 5.25 Å². The van der Waals surface area contributed by atoms with Crippen LogP contribution in [-0.2, 0) is 4.79 Å². The first-order valence-corrected chi connectivity index (χ1v) is 10.2. The van der Waals surface area contributed by atoms with Gasteiger partial charge in [-0.2, -0.15) is 0 Å². The van der Waals surface area contributed by atoms with Crippen LogP contribution >= 0.6 is 11.8 Å². The molecule has 0 radical (unpaired) electrons. The highest BCUT2D eigenvalue weighted by atomic mass is 32.2. The van der Waals surface area contributed by atoms with Gasteiger partial charge in [-0.25, -0.2) is 0 Å². The van der Waals surface area contributed by atoms with E-state index in [1.807, 2.05) is 78.9 Å². The number of hydrogen-bond acceptors (Lipinski definition) is 3. The Morgan fingerprint density at radius 3 is 2.31 bits per heavy atom. The lowest BCUT2D eigenvalue weighted by atomic mass is 10.0. The number of carbonyl (C=O) groups excluding carboxylic acids is 2. The smallest absolute Gasteiger partial charge is 0.221 e. The standard InChI is InChI=1S/C24H20N2O2S/c1-16(27)26-18-11-13-19(14-12-18)29-24(17-7-3-2-4-8-17)23(28)21-15-25-22-10-6-5-9-20(21)22/h2-15,24-25H,1H3,(H,26,27). The summed E-state index contributed by atoms with van der Waals surface area (Å²) in [7, 11) is 0. The van der Waals surface area contributed by atoms with Gasteiger partial charge in [0.25, 0.3) is 0 Å². The van der Waals surface area contributed by atoms with E-state index in [2.05, 4.69) is 10.3 Å². The Labute approximate surface area is 173 Å². The lowest BCUT2D eigenvalue weighted by molar-refractivity contribution is -0.114. The number of aromatic amines is 1. The summed E-state index contributed by atoms with van der Waals surface area (Å²) in [6.07, 6.45) is 1.80. The fraction of sp³-hybridized carbons (Fsp3) is 0.0833. The van der Waals surface area contributed by atoms with Crippen molar-refractivity contribution in [3.8, 4) is 0 Å². The maximum absolute atomic E-state index is 13.5. The van der Waals surface area contributed by atoms with Crippen molar-refractivity contribution in [1.29, 1.82) is 0 Å². The van der Waals surface area contributed by atoms with Gasteiger partial charge in [-0.15, -0.1) is 11.8 Å². The second-order valence-electron chi connectivity index (χ2n) is 6.73. The van der Waals surface area contributed by atoms with Gasteiger partial charge in [-0.3, -0.25) is 9.59 Å². The molecule has 1 aromatic heterocycles. The van der Waals surface area contributed by atoms with E-state index >= 15 is 0 Å². The normalized spacial score (nSPS) is 11.9. The minimum absolute atomic E-state index is 0.0598. The zero-order chi connectivity index (χ0) is 20.2. The Hall–Kier alpha value is -3.31. The number of amides is 1. The van der Waals surface area contributed by atoms with Gasteiger partial charge < -0.3 is 10.3 Å². The minimum Gasteiger partial charge on any atom is -0.360 e. The van der Waals surface area contributed by atoms with Gasteiger partial charge in [0.1, 0.15) is 0 Å². The number of H-pyrrole nitrogens is 1. The summed E-state index contributed by atoms with van der Waals surface area (Å²) in [5.74, 6) is -0.0494. The number of aromatic nitrogens is 1. The maximum Gasteiger partial charge on any atom is 0.221 e. The highest BCUT2D eigenvalue weighted by Crippen LogP contribution is 2.39. The van der Waals surface area contributed by atoms with Gasteiger partial charge in [-0.1, -0.05) is 48.5 Å². The van der Waals surface area contributed by atoms with Crippen LogP contribution in [0.2, 0.25) is 0 Å². The van der Waals surface area contributed by atoms with Gasteiger partial charge in [0.2, 0.25) is 5.91 Å². The molecule has 0 saturated heterocycles. The largest absolute Gasteiger partial charge is 0.360 e. The van der Waals surface area contributed by atoms with Gasteiger partial charge in [0, 0.05) is 40.2 Å².